The molecule has 0 spiro atoms. The van der Waals surface area contributed by atoms with Gasteiger partial charge in [-0.1, -0.05) is 68.1 Å². The van der Waals surface area contributed by atoms with Gasteiger partial charge in [0.25, 0.3) is 17.7 Å². The first-order valence-corrected chi connectivity index (χ1v) is 13.3. The number of amides is 3. The molecule has 10 heteroatoms. The van der Waals surface area contributed by atoms with Gasteiger partial charge in [-0.15, -0.1) is 0 Å². The molecule has 0 radical (unpaired) electrons. The van der Waals surface area contributed by atoms with E-state index in [-0.39, 0.29) is 22.8 Å². The lowest BCUT2D eigenvalue weighted by Gasteiger charge is -2.15. The first-order chi connectivity index (χ1) is 18.8. The topological polar surface area (TPSA) is 97.0 Å². The molecule has 1 heterocycles. The number of hydrazine groups is 1. The summed E-state index contributed by atoms with van der Waals surface area (Å²) in [6.07, 6.45) is 1.65. The van der Waals surface area contributed by atoms with Crippen LogP contribution in [0.1, 0.15) is 41.3 Å². The smallest absolute Gasteiger partial charge is 0.285 e. The minimum absolute atomic E-state index is 0.206. The van der Waals surface area contributed by atoms with Gasteiger partial charge in [0.1, 0.15) is 0 Å². The fraction of sp³-hybridized carbons (Fsp3) is 0.172. The largest absolute Gasteiger partial charge is 0.493 e. The van der Waals surface area contributed by atoms with Crippen molar-refractivity contribution in [2.45, 2.75) is 19.8 Å². The Morgan fingerprint density at radius 2 is 1.74 bits per heavy atom. The van der Waals surface area contributed by atoms with E-state index in [1.165, 1.54) is 7.11 Å². The van der Waals surface area contributed by atoms with Crippen molar-refractivity contribution in [3.63, 3.8) is 0 Å². The van der Waals surface area contributed by atoms with E-state index < -0.39 is 11.8 Å². The van der Waals surface area contributed by atoms with Crippen LogP contribution in [0.15, 0.2) is 77.7 Å². The van der Waals surface area contributed by atoms with Crippen molar-refractivity contribution in [1.29, 1.82) is 0 Å². The van der Waals surface area contributed by atoms with Gasteiger partial charge in [0.15, 0.2) is 22.4 Å². The second-order valence-electron chi connectivity index (χ2n) is 8.81. The third kappa shape index (κ3) is 6.84. The first-order valence-electron chi connectivity index (χ1n) is 12.1. The number of carbonyl (C=O) groups excluding carboxylic acids is 3. The van der Waals surface area contributed by atoms with E-state index in [9.17, 15) is 14.4 Å². The summed E-state index contributed by atoms with van der Waals surface area (Å²) in [6.45, 7) is 3.92. The highest BCUT2D eigenvalue weighted by molar-refractivity contribution is 8.26. The van der Waals surface area contributed by atoms with E-state index in [0.29, 0.717) is 27.5 Å². The van der Waals surface area contributed by atoms with E-state index in [1.807, 2.05) is 24.3 Å². The molecule has 0 aliphatic carbocycles. The predicted molar refractivity (Wildman–Crippen MR) is 157 cm³/mol. The van der Waals surface area contributed by atoms with Crippen LogP contribution in [0.3, 0.4) is 0 Å². The minimum Gasteiger partial charge on any atom is -0.493 e. The third-order valence-corrected chi connectivity index (χ3v) is 7.05. The van der Waals surface area contributed by atoms with Crippen molar-refractivity contribution < 1.29 is 23.9 Å². The van der Waals surface area contributed by atoms with E-state index in [4.69, 9.17) is 21.7 Å². The van der Waals surface area contributed by atoms with Gasteiger partial charge in [-0.05, 0) is 65.7 Å². The molecule has 200 valence electrons. The number of ether oxygens (including phenoxy) is 2. The number of methoxy groups -OCH3 is 1. The fourth-order valence-electron chi connectivity index (χ4n) is 3.81. The highest BCUT2D eigenvalue weighted by Gasteiger charge is 2.33. The van der Waals surface area contributed by atoms with Crippen LogP contribution in [-0.4, -0.2) is 40.8 Å². The highest BCUT2D eigenvalue weighted by Crippen LogP contribution is 2.34. The molecule has 8 nitrogen and oxygen atoms in total. The molecule has 4 rings (SSSR count). The van der Waals surface area contributed by atoms with Gasteiger partial charge in [0.05, 0.1) is 12.0 Å². The summed E-state index contributed by atoms with van der Waals surface area (Å²) in [5.41, 5.74) is 5.41. The molecule has 1 fully saturated rings. The maximum absolute atomic E-state index is 12.9. The summed E-state index contributed by atoms with van der Waals surface area (Å²) in [4.78, 5) is 38.3. The van der Waals surface area contributed by atoms with Crippen LogP contribution in [0.2, 0.25) is 0 Å². The number of benzene rings is 3. The number of hydrogen-bond donors (Lipinski definition) is 2. The maximum Gasteiger partial charge on any atom is 0.285 e. The molecule has 3 aromatic rings. The molecule has 0 aromatic heterocycles. The van der Waals surface area contributed by atoms with Crippen LogP contribution in [0.4, 0.5) is 5.69 Å². The van der Waals surface area contributed by atoms with Crippen LogP contribution in [0, 0.1) is 0 Å². The van der Waals surface area contributed by atoms with Crippen LogP contribution >= 0.6 is 24.0 Å². The summed E-state index contributed by atoms with van der Waals surface area (Å²) in [7, 11) is 1.49. The molecule has 2 N–H and O–H groups in total. The van der Waals surface area contributed by atoms with Gasteiger partial charge >= 0.3 is 0 Å². The van der Waals surface area contributed by atoms with Crippen LogP contribution < -0.4 is 20.2 Å². The van der Waals surface area contributed by atoms with E-state index in [0.717, 1.165) is 28.0 Å². The zero-order valence-electron chi connectivity index (χ0n) is 21.6. The number of thioether (sulfide) groups is 1. The average molecular weight is 562 g/mol. The molecule has 3 amide bonds. The zero-order valence-corrected chi connectivity index (χ0v) is 23.2. The van der Waals surface area contributed by atoms with Gasteiger partial charge in [-0.2, -0.15) is 5.01 Å². The molecule has 39 heavy (non-hydrogen) atoms. The molecule has 1 aliphatic rings. The van der Waals surface area contributed by atoms with Crippen LogP contribution in [0.5, 0.6) is 11.5 Å². The number of para-hydroxylation sites is 1. The van der Waals surface area contributed by atoms with Gasteiger partial charge in [0, 0.05) is 11.3 Å². The Morgan fingerprint density at radius 1 is 1.03 bits per heavy atom. The predicted octanol–water partition coefficient (Wildman–Crippen LogP) is 5.38. The summed E-state index contributed by atoms with van der Waals surface area (Å²) in [5.74, 6) is -0.136. The molecule has 0 unspecified atom stereocenters. The standard InChI is InChI=1S/C29H27N3O5S2/c1-18(2)21-11-7-8-12-22(21)30-26(33)17-37-23-14-13-19(15-24(23)36-3)16-25-28(35)32(29(38)39-25)31-27(34)20-9-5-4-6-10-20/h4-16,18H,17H2,1-3H3,(H,30,33)(H,31,34)/b25-16-. The second-order valence-corrected chi connectivity index (χ2v) is 10.5. The molecule has 0 bridgehead atoms. The SMILES string of the molecule is COc1cc(/C=C2\SC(=S)N(NC(=O)c3ccccc3)C2=O)ccc1OCC(=O)Nc1ccccc1C(C)C. The Labute approximate surface area is 236 Å². The first kappa shape index (κ1) is 27.9. The molecule has 1 saturated heterocycles. The summed E-state index contributed by atoms with van der Waals surface area (Å²) in [5, 5.41) is 3.96. The van der Waals surface area contributed by atoms with Crippen molar-refractivity contribution in [2.75, 3.05) is 19.0 Å². The molecular weight excluding hydrogens is 534 g/mol. The molecule has 0 saturated carbocycles. The van der Waals surface area contributed by atoms with E-state index in [2.05, 4.69) is 24.6 Å². The molecule has 0 atom stereocenters. The van der Waals surface area contributed by atoms with Gasteiger partial charge in [-0.3, -0.25) is 19.8 Å². The lowest BCUT2D eigenvalue weighted by molar-refractivity contribution is -0.123. The molecule has 1 aliphatic heterocycles. The van der Waals surface area contributed by atoms with Gasteiger partial charge in [0.2, 0.25) is 0 Å². The van der Waals surface area contributed by atoms with Gasteiger partial charge < -0.3 is 14.8 Å². The van der Waals surface area contributed by atoms with E-state index >= 15 is 0 Å². The Bertz CT molecular complexity index is 1440. The number of carbonyl (C=O) groups is 3. The second kappa shape index (κ2) is 12.6. The number of nitrogens with zero attached hydrogens (tertiary/aromatic N) is 1. The summed E-state index contributed by atoms with van der Waals surface area (Å²) < 4.78 is 11.4. The van der Waals surface area contributed by atoms with Gasteiger partial charge in [-0.25, -0.2) is 0 Å². The van der Waals surface area contributed by atoms with Crippen molar-refractivity contribution in [2.24, 2.45) is 0 Å². The number of nitrogens with one attached hydrogen (secondary N) is 2. The Morgan fingerprint density at radius 3 is 2.46 bits per heavy atom. The number of hydrogen-bond acceptors (Lipinski definition) is 7. The minimum atomic E-state index is -0.438. The number of anilines is 1. The van der Waals surface area contributed by atoms with Crippen LogP contribution in [0.25, 0.3) is 6.08 Å². The maximum atomic E-state index is 12.9. The fourth-order valence-corrected chi connectivity index (χ4v) is 4.99. The number of rotatable bonds is 9. The molecule has 3 aromatic carbocycles. The summed E-state index contributed by atoms with van der Waals surface area (Å²) >= 11 is 6.39. The van der Waals surface area contributed by atoms with Crippen molar-refractivity contribution >= 4 is 57.8 Å². The Kier molecular flexibility index (Phi) is 9.00. The van der Waals surface area contributed by atoms with Crippen molar-refractivity contribution in [1.82, 2.24) is 10.4 Å². The zero-order chi connectivity index (χ0) is 27.9. The third-order valence-electron chi connectivity index (χ3n) is 5.74. The Hall–Kier alpha value is -4.15. The quantitative estimate of drug-likeness (QED) is 0.267. The van der Waals surface area contributed by atoms with Crippen molar-refractivity contribution in [3.05, 3.63) is 94.4 Å². The highest BCUT2D eigenvalue weighted by atomic mass is 32.2. The molecular formula is C29H27N3O5S2. The monoisotopic (exact) mass is 561 g/mol. The number of thiocarbonyl (C=S) groups is 1. The van der Waals surface area contributed by atoms with Crippen LogP contribution in [-0.2, 0) is 9.59 Å². The van der Waals surface area contributed by atoms with E-state index in [1.54, 1.807) is 54.6 Å². The average Bonchev–Trinajstić information content (AvgIpc) is 3.20. The Balaban J connectivity index is 1.41. The lowest BCUT2D eigenvalue weighted by atomic mass is 10.0. The lowest BCUT2D eigenvalue weighted by Crippen LogP contribution is -2.44. The normalized spacial score (nSPS) is 14.1. The summed E-state index contributed by atoms with van der Waals surface area (Å²) in [6, 6.07) is 21.3. The van der Waals surface area contributed by atoms with Crippen molar-refractivity contribution in [3.8, 4) is 11.5 Å².